The van der Waals surface area contributed by atoms with Crippen LogP contribution in [-0.2, 0) is 9.53 Å². The minimum absolute atomic E-state index is 0.0315. The number of carbonyl (C=O) groups excluding carboxylic acids is 2. The summed E-state index contributed by atoms with van der Waals surface area (Å²) in [5.41, 5.74) is 1.69. The summed E-state index contributed by atoms with van der Waals surface area (Å²) in [6.07, 6.45) is 1.37. The summed E-state index contributed by atoms with van der Waals surface area (Å²) >= 11 is 3.40. The van der Waals surface area contributed by atoms with Gasteiger partial charge in [0.2, 0.25) is 5.91 Å². The molecule has 2 aromatic carbocycles. The Hall–Kier alpha value is -2.18. The Morgan fingerprint density at radius 1 is 1.03 bits per heavy atom. The smallest absolute Gasteiger partial charge is 0.254 e. The zero-order valence-corrected chi connectivity index (χ0v) is 18.0. The average molecular weight is 457 g/mol. The molecule has 0 N–H and O–H groups in total. The first kappa shape index (κ1) is 20.1. The van der Waals surface area contributed by atoms with Gasteiger partial charge in [0, 0.05) is 23.1 Å². The Balaban J connectivity index is 1.50. The van der Waals surface area contributed by atoms with Crippen molar-refractivity contribution in [3.05, 3.63) is 70.2 Å². The maximum atomic E-state index is 13.4. The molecule has 2 saturated heterocycles. The van der Waals surface area contributed by atoms with Crippen LogP contribution in [0.15, 0.2) is 59.1 Å². The second-order valence-corrected chi connectivity index (χ2v) is 8.67. The third-order valence-corrected chi connectivity index (χ3v) is 6.16. The number of ether oxygens (including phenoxy) is 1. The van der Waals surface area contributed by atoms with E-state index in [1.807, 2.05) is 54.3 Å². The first-order chi connectivity index (χ1) is 14.0. The molecule has 3 unspecified atom stereocenters. The minimum atomic E-state index is -0.395. The summed E-state index contributed by atoms with van der Waals surface area (Å²) in [7, 11) is 0. The molecule has 6 heteroatoms. The Morgan fingerprint density at radius 3 is 2.48 bits per heavy atom. The molecule has 152 valence electrons. The quantitative estimate of drug-likeness (QED) is 0.699. The topological polar surface area (TPSA) is 49.9 Å². The van der Waals surface area contributed by atoms with Gasteiger partial charge >= 0.3 is 0 Å². The molecule has 0 bridgehead atoms. The fourth-order valence-electron chi connectivity index (χ4n) is 4.22. The Labute approximate surface area is 179 Å². The lowest BCUT2D eigenvalue weighted by Crippen LogP contribution is -2.53. The molecule has 5 nitrogen and oxygen atoms in total. The molecule has 2 aromatic rings. The highest BCUT2D eigenvalue weighted by Crippen LogP contribution is 2.28. The highest BCUT2D eigenvalue weighted by atomic mass is 79.9. The molecule has 2 heterocycles. The van der Waals surface area contributed by atoms with Crippen LogP contribution in [0.2, 0.25) is 0 Å². The van der Waals surface area contributed by atoms with Crippen LogP contribution in [0, 0.1) is 0 Å². The number of carbonyl (C=O) groups is 2. The lowest BCUT2D eigenvalue weighted by Gasteiger charge is -2.39. The van der Waals surface area contributed by atoms with Crippen LogP contribution in [-0.4, -0.2) is 53.4 Å². The maximum absolute atomic E-state index is 13.4. The summed E-state index contributed by atoms with van der Waals surface area (Å²) in [6, 6.07) is 16.9. The standard InChI is InChI=1S/C23H25BrN2O3/c1-16-14-25(15-21(29-16)17-6-3-2-4-7-17)23(28)20-8-5-13-26(20)22(27)18-9-11-19(24)12-10-18/h2-4,6-7,9-12,16,20-21H,5,8,13-15H2,1H3. The first-order valence-corrected chi connectivity index (χ1v) is 10.9. The predicted molar refractivity (Wildman–Crippen MR) is 115 cm³/mol. The largest absolute Gasteiger partial charge is 0.367 e. The van der Waals surface area contributed by atoms with Crippen LogP contribution in [0.1, 0.15) is 41.8 Å². The molecule has 0 radical (unpaired) electrons. The number of nitrogens with zero attached hydrogens (tertiary/aromatic N) is 2. The van der Waals surface area contributed by atoms with E-state index in [0.29, 0.717) is 31.6 Å². The van der Waals surface area contributed by atoms with E-state index in [0.717, 1.165) is 16.5 Å². The molecular weight excluding hydrogens is 432 g/mol. The minimum Gasteiger partial charge on any atom is -0.367 e. The van der Waals surface area contributed by atoms with Crippen LogP contribution in [0.4, 0.5) is 0 Å². The Bertz CT molecular complexity index is 871. The molecule has 2 aliphatic heterocycles. The van der Waals surface area contributed by atoms with Gasteiger partial charge in [-0.25, -0.2) is 0 Å². The number of hydrogen-bond acceptors (Lipinski definition) is 3. The fraction of sp³-hybridized carbons (Fsp3) is 0.391. The third kappa shape index (κ3) is 4.38. The normalized spacial score (nSPS) is 24.6. The van der Waals surface area contributed by atoms with Crippen molar-refractivity contribution in [1.82, 2.24) is 9.80 Å². The Kier molecular flexibility index (Phi) is 6.01. The number of halogens is 1. The second kappa shape index (κ2) is 8.67. The fourth-order valence-corrected chi connectivity index (χ4v) is 4.48. The monoisotopic (exact) mass is 456 g/mol. The maximum Gasteiger partial charge on any atom is 0.254 e. The van der Waals surface area contributed by atoms with Gasteiger partial charge in [-0.3, -0.25) is 9.59 Å². The zero-order chi connectivity index (χ0) is 20.4. The molecule has 3 atom stereocenters. The van der Waals surface area contributed by atoms with E-state index in [-0.39, 0.29) is 24.0 Å². The van der Waals surface area contributed by atoms with Crippen molar-refractivity contribution in [3.8, 4) is 0 Å². The van der Waals surface area contributed by atoms with Gasteiger partial charge < -0.3 is 14.5 Å². The van der Waals surface area contributed by atoms with Crippen LogP contribution in [0.5, 0.6) is 0 Å². The van der Waals surface area contributed by atoms with E-state index in [4.69, 9.17) is 4.74 Å². The van der Waals surface area contributed by atoms with Gasteiger partial charge in [0.1, 0.15) is 12.1 Å². The van der Waals surface area contributed by atoms with Gasteiger partial charge in [-0.2, -0.15) is 0 Å². The van der Waals surface area contributed by atoms with E-state index >= 15 is 0 Å². The Morgan fingerprint density at radius 2 is 1.76 bits per heavy atom. The van der Waals surface area contributed by atoms with E-state index in [1.54, 1.807) is 17.0 Å². The molecule has 2 amide bonds. The van der Waals surface area contributed by atoms with Crippen molar-refractivity contribution in [1.29, 1.82) is 0 Å². The number of amides is 2. The molecule has 4 rings (SSSR count). The van der Waals surface area contributed by atoms with E-state index in [1.165, 1.54) is 0 Å². The van der Waals surface area contributed by atoms with Crippen molar-refractivity contribution in [2.24, 2.45) is 0 Å². The van der Waals surface area contributed by atoms with Gasteiger partial charge in [0.25, 0.3) is 5.91 Å². The van der Waals surface area contributed by atoms with Crippen molar-refractivity contribution in [2.45, 2.75) is 38.0 Å². The lowest BCUT2D eigenvalue weighted by molar-refractivity contribution is -0.148. The zero-order valence-electron chi connectivity index (χ0n) is 16.5. The van der Waals surface area contributed by atoms with Crippen molar-refractivity contribution in [3.63, 3.8) is 0 Å². The average Bonchev–Trinajstić information content (AvgIpc) is 3.23. The SMILES string of the molecule is CC1CN(C(=O)C2CCCN2C(=O)c2ccc(Br)cc2)CC(c2ccccc2)O1. The van der Waals surface area contributed by atoms with Crippen LogP contribution < -0.4 is 0 Å². The van der Waals surface area contributed by atoms with Gasteiger partial charge in [-0.05, 0) is 49.6 Å². The number of morpholine rings is 1. The van der Waals surface area contributed by atoms with Gasteiger partial charge in [0.05, 0.1) is 12.6 Å². The number of hydrogen-bond donors (Lipinski definition) is 0. The summed E-state index contributed by atoms with van der Waals surface area (Å²) < 4.78 is 7.02. The highest BCUT2D eigenvalue weighted by molar-refractivity contribution is 9.10. The molecule has 2 fully saturated rings. The van der Waals surface area contributed by atoms with Crippen molar-refractivity contribution in [2.75, 3.05) is 19.6 Å². The van der Waals surface area contributed by atoms with E-state index in [2.05, 4.69) is 15.9 Å². The molecular formula is C23H25BrN2O3. The van der Waals surface area contributed by atoms with E-state index < -0.39 is 6.04 Å². The number of likely N-dealkylation sites (tertiary alicyclic amines) is 1. The summed E-state index contributed by atoms with van der Waals surface area (Å²) in [4.78, 5) is 30.0. The third-order valence-electron chi connectivity index (χ3n) is 5.63. The van der Waals surface area contributed by atoms with Gasteiger partial charge in [-0.15, -0.1) is 0 Å². The summed E-state index contributed by atoms with van der Waals surface area (Å²) in [6.45, 7) is 3.69. The summed E-state index contributed by atoms with van der Waals surface area (Å²) in [5, 5.41) is 0. The molecule has 0 aromatic heterocycles. The summed E-state index contributed by atoms with van der Waals surface area (Å²) in [5.74, 6) is -0.0432. The first-order valence-electron chi connectivity index (χ1n) is 10.1. The molecule has 2 aliphatic rings. The van der Waals surface area contributed by atoms with Gasteiger partial charge in [0.15, 0.2) is 0 Å². The molecule has 0 saturated carbocycles. The van der Waals surface area contributed by atoms with Crippen molar-refractivity contribution < 1.29 is 14.3 Å². The van der Waals surface area contributed by atoms with Gasteiger partial charge in [-0.1, -0.05) is 46.3 Å². The number of benzene rings is 2. The van der Waals surface area contributed by atoms with E-state index in [9.17, 15) is 9.59 Å². The van der Waals surface area contributed by atoms with Crippen LogP contribution in [0.3, 0.4) is 0 Å². The van der Waals surface area contributed by atoms with Crippen LogP contribution >= 0.6 is 15.9 Å². The molecule has 0 spiro atoms. The number of rotatable bonds is 3. The predicted octanol–water partition coefficient (Wildman–Crippen LogP) is 4.04. The highest BCUT2D eigenvalue weighted by Gasteiger charge is 2.39. The second-order valence-electron chi connectivity index (χ2n) is 7.75. The molecule has 0 aliphatic carbocycles. The van der Waals surface area contributed by atoms with Crippen LogP contribution in [0.25, 0.3) is 0 Å². The lowest BCUT2D eigenvalue weighted by atomic mass is 10.0. The van der Waals surface area contributed by atoms with Crippen molar-refractivity contribution >= 4 is 27.7 Å². The molecule has 29 heavy (non-hydrogen) atoms.